The second-order valence-electron chi connectivity index (χ2n) is 3.06. The van der Waals surface area contributed by atoms with Crippen LogP contribution in [0.5, 0.6) is 0 Å². The van der Waals surface area contributed by atoms with E-state index in [-0.39, 0.29) is 18.9 Å². The maximum atomic E-state index is 6.68. The van der Waals surface area contributed by atoms with Gasteiger partial charge in [-0.25, -0.2) is 0 Å². The zero-order chi connectivity index (χ0) is 9.78. The third-order valence-electron chi connectivity index (χ3n) is 1.80. The van der Waals surface area contributed by atoms with Crippen LogP contribution in [0.2, 0.25) is 0 Å². The van der Waals surface area contributed by atoms with Gasteiger partial charge in [0.2, 0.25) is 0 Å². The normalized spacial score (nSPS) is 10.3. The molecule has 0 aliphatic rings. The van der Waals surface area contributed by atoms with E-state index in [1.807, 2.05) is 6.08 Å². The minimum atomic E-state index is 0. The minimum absolute atomic E-state index is 0. The van der Waals surface area contributed by atoms with Crippen LogP contribution < -0.4 is 18.9 Å². The Hall–Kier alpha value is -0.363. The monoisotopic (exact) mass is 182 g/mol. The second kappa shape index (κ2) is 15.1. The van der Waals surface area contributed by atoms with Crippen LogP contribution >= 0.6 is 0 Å². The molecule has 0 atom stereocenters. The molecule has 0 N–H and O–H groups in total. The molecule has 72 valence electrons. The van der Waals surface area contributed by atoms with E-state index in [1.54, 1.807) is 0 Å². The van der Waals surface area contributed by atoms with Crippen molar-refractivity contribution in [3.8, 4) is 5.92 Å². The molecule has 0 amide bonds. The third-order valence-corrected chi connectivity index (χ3v) is 1.80. The fourth-order valence-electron chi connectivity index (χ4n) is 1.04. The van der Waals surface area contributed by atoms with Gasteiger partial charge in [-0.3, -0.25) is 0 Å². The van der Waals surface area contributed by atoms with Gasteiger partial charge >= 0.3 is 18.9 Å². The first-order valence-electron chi connectivity index (χ1n) is 5.11. The quantitative estimate of drug-likeness (QED) is 0.181. The zero-order valence-electron chi connectivity index (χ0n) is 9.55. The van der Waals surface area contributed by atoms with Crippen molar-refractivity contribution >= 4 is 0 Å². The summed E-state index contributed by atoms with van der Waals surface area (Å²) < 4.78 is 0. The number of rotatable bonds is 7. The fraction of sp³-hybridized carbons (Fsp3) is 0.538. The molecule has 0 nitrogen and oxygen atoms in total. The molecule has 0 saturated carbocycles. The van der Waals surface area contributed by atoms with Crippen LogP contribution in [0.1, 0.15) is 45.4 Å². The summed E-state index contributed by atoms with van der Waals surface area (Å²) in [6.07, 6.45) is 22.0. The van der Waals surface area contributed by atoms with Crippen molar-refractivity contribution in [1.29, 1.82) is 0 Å². The van der Waals surface area contributed by atoms with Crippen LogP contribution in [0, 0.1) is 12.3 Å². The average Bonchev–Trinajstić information content (AvgIpc) is 2.16. The van der Waals surface area contributed by atoms with Crippen molar-refractivity contribution < 1.29 is 18.9 Å². The summed E-state index contributed by atoms with van der Waals surface area (Å²) >= 11 is 0. The molecule has 0 aliphatic heterocycles. The Morgan fingerprint density at radius 3 is 2.43 bits per heavy atom. The summed E-state index contributed by atoms with van der Waals surface area (Å²) in [7, 11) is 0. The van der Waals surface area contributed by atoms with Crippen LogP contribution in [-0.2, 0) is 0 Å². The smallest absolute Gasteiger partial charge is 0.693 e. The molecule has 14 heavy (non-hydrogen) atoms. The van der Waals surface area contributed by atoms with E-state index < -0.39 is 0 Å². The van der Waals surface area contributed by atoms with Crippen LogP contribution in [0.4, 0.5) is 0 Å². The zero-order valence-corrected chi connectivity index (χ0v) is 9.55. The van der Waals surface area contributed by atoms with E-state index in [2.05, 4.69) is 31.1 Å². The topological polar surface area (TPSA) is 0 Å². The first-order chi connectivity index (χ1) is 6.41. The molecular formula is C13H19Li. The van der Waals surface area contributed by atoms with Gasteiger partial charge in [-0.15, -0.1) is 0 Å². The molecule has 0 radical (unpaired) electrons. The maximum absolute atomic E-state index is 6.68. The van der Waals surface area contributed by atoms with Crippen molar-refractivity contribution in [3.63, 3.8) is 0 Å². The van der Waals surface area contributed by atoms with Crippen molar-refractivity contribution in [1.82, 2.24) is 0 Å². The summed E-state index contributed by atoms with van der Waals surface area (Å²) in [6, 6.07) is 0. The van der Waals surface area contributed by atoms with Gasteiger partial charge < -0.3 is 12.3 Å². The van der Waals surface area contributed by atoms with E-state index in [4.69, 9.17) is 6.42 Å². The van der Waals surface area contributed by atoms with Crippen LogP contribution in [0.25, 0.3) is 0 Å². The number of unbranched alkanes of at least 4 members (excludes halogenated alkanes) is 3. The van der Waals surface area contributed by atoms with Gasteiger partial charge in [-0.05, 0) is 25.7 Å². The van der Waals surface area contributed by atoms with Gasteiger partial charge in [-0.2, -0.15) is 0 Å². The molecule has 0 heterocycles. The second-order valence-corrected chi connectivity index (χ2v) is 3.06. The van der Waals surface area contributed by atoms with Crippen molar-refractivity contribution in [2.45, 2.75) is 45.4 Å². The minimum Gasteiger partial charge on any atom is -0.693 e. The van der Waals surface area contributed by atoms with Gasteiger partial charge in [0.1, 0.15) is 0 Å². The molecule has 0 aromatic heterocycles. The van der Waals surface area contributed by atoms with Gasteiger partial charge in [-0.1, -0.05) is 44.1 Å². The standard InChI is InChI=1S/C13H19.Li/c1-3-5-7-9-11-13-12-10-8-6-4-2;/h8,10-11,13H,3,5-7,9,12H2,1H3;/q-1;+1/b10-8-,13-11-;. The predicted octanol–water partition coefficient (Wildman–Crippen LogP) is 1.05. The first-order valence-corrected chi connectivity index (χ1v) is 5.11. The van der Waals surface area contributed by atoms with Crippen molar-refractivity contribution in [3.05, 3.63) is 30.7 Å². The fourth-order valence-corrected chi connectivity index (χ4v) is 1.04. The molecule has 0 aromatic rings. The van der Waals surface area contributed by atoms with E-state index in [9.17, 15) is 0 Å². The van der Waals surface area contributed by atoms with Crippen LogP contribution in [-0.4, -0.2) is 0 Å². The number of hydrogen-bond donors (Lipinski definition) is 0. The van der Waals surface area contributed by atoms with Gasteiger partial charge in [0.15, 0.2) is 0 Å². The molecule has 0 aromatic carbocycles. The molecule has 0 saturated heterocycles. The third kappa shape index (κ3) is 14.2. The summed E-state index contributed by atoms with van der Waals surface area (Å²) in [6.45, 7) is 2.22. The predicted molar refractivity (Wildman–Crippen MR) is 58.8 cm³/mol. The molecule has 0 rings (SSSR count). The molecule has 0 bridgehead atoms. The Labute approximate surface area is 101 Å². The Morgan fingerprint density at radius 2 is 1.79 bits per heavy atom. The first kappa shape index (κ1) is 16.1. The number of hydrogen-bond acceptors (Lipinski definition) is 0. The van der Waals surface area contributed by atoms with Gasteiger partial charge in [0.05, 0.1) is 0 Å². The largest absolute Gasteiger partial charge is 1.00 e. The van der Waals surface area contributed by atoms with E-state index in [0.717, 1.165) is 6.42 Å². The van der Waals surface area contributed by atoms with E-state index >= 15 is 0 Å². The molecule has 0 aliphatic carbocycles. The summed E-state index contributed by atoms with van der Waals surface area (Å²) in [5, 5.41) is 0. The average molecular weight is 182 g/mol. The molecular weight excluding hydrogens is 163 g/mol. The summed E-state index contributed by atoms with van der Waals surface area (Å²) in [4.78, 5) is 0. The Bertz CT molecular complexity index is 184. The molecule has 1 heteroatoms. The van der Waals surface area contributed by atoms with Crippen molar-refractivity contribution in [2.24, 2.45) is 0 Å². The van der Waals surface area contributed by atoms with Crippen LogP contribution in [0.15, 0.2) is 24.3 Å². The van der Waals surface area contributed by atoms with Crippen LogP contribution in [0.3, 0.4) is 0 Å². The number of allylic oxidation sites excluding steroid dienone is 4. The summed E-state index contributed by atoms with van der Waals surface area (Å²) in [5.74, 6) is 2.33. The Kier molecular flexibility index (Phi) is 17.4. The van der Waals surface area contributed by atoms with E-state index in [1.165, 1.54) is 25.7 Å². The summed E-state index contributed by atoms with van der Waals surface area (Å²) in [5.41, 5.74) is 0. The van der Waals surface area contributed by atoms with E-state index in [0.29, 0.717) is 6.42 Å². The SMILES string of the molecule is [C-]#CC/C=C\C/C=C\CCCCC.[Li+]. The van der Waals surface area contributed by atoms with Crippen molar-refractivity contribution in [2.75, 3.05) is 0 Å². The Morgan fingerprint density at radius 1 is 1.07 bits per heavy atom. The van der Waals surface area contributed by atoms with Gasteiger partial charge in [0, 0.05) is 0 Å². The van der Waals surface area contributed by atoms with Gasteiger partial charge in [0.25, 0.3) is 0 Å². The molecule has 0 fully saturated rings. The Balaban J connectivity index is 0. The maximum Gasteiger partial charge on any atom is 1.00 e. The molecule has 0 unspecified atom stereocenters. The molecule has 0 spiro atoms.